The molecule has 1 aromatic heterocycles. The number of hydrogen-bond acceptors (Lipinski definition) is 6. The maximum atomic E-state index is 14.2. The van der Waals surface area contributed by atoms with Crippen molar-refractivity contribution in [3.63, 3.8) is 0 Å². The first kappa shape index (κ1) is 31.8. The molecule has 238 valence electrons. The lowest BCUT2D eigenvalue weighted by Gasteiger charge is -2.25. The van der Waals surface area contributed by atoms with Gasteiger partial charge in [0.05, 0.1) is 32.9 Å². The van der Waals surface area contributed by atoms with Gasteiger partial charge >= 0.3 is 5.97 Å². The van der Waals surface area contributed by atoms with Gasteiger partial charge in [0, 0.05) is 10.6 Å². The summed E-state index contributed by atoms with van der Waals surface area (Å²) in [5.74, 6) is 0.160. The Hall–Kier alpha value is -4.76. The first-order chi connectivity index (χ1) is 23.4. The number of benzene rings is 5. The maximum absolute atomic E-state index is 14.2. The van der Waals surface area contributed by atoms with Gasteiger partial charge < -0.3 is 9.47 Å². The molecule has 0 aliphatic carbocycles. The third-order valence-electron chi connectivity index (χ3n) is 8.08. The second kappa shape index (κ2) is 13.8. The van der Waals surface area contributed by atoms with Crippen LogP contribution < -0.4 is 19.6 Å². The molecule has 0 saturated carbocycles. The first-order valence-electron chi connectivity index (χ1n) is 15.3. The SMILES string of the molecule is CCOC(=O)C1=C(c2ccccc2)N=c2s/c(=C\c3ccc(OCc4cccc5ccccc45)c(Br)c3)c(=O)n2[C@H]1c1ccc(Cl)cc1. The molecule has 7 rings (SSSR count). The Bertz CT molecular complexity index is 2380. The summed E-state index contributed by atoms with van der Waals surface area (Å²) in [4.78, 5) is 33.2. The van der Waals surface area contributed by atoms with Crippen LogP contribution in [0.15, 0.2) is 135 Å². The number of esters is 1. The molecule has 0 spiro atoms. The lowest BCUT2D eigenvalue weighted by atomic mass is 9.93. The second-order valence-corrected chi connectivity index (χ2v) is 13.4. The van der Waals surface area contributed by atoms with E-state index < -0.39 is 12.0 Å². The van der Waals surface area contributed by atoms with Gasteiger partial charge in [0.1, 0.15) is 12.4 Å². The van der Waals surface area contributed by atoms with E-state index in [0.29, 0.717) is 43.5 Å². The predicted molar refractivity (Wildman–Crippen MR) is 195 cm³/mol. The molecule has 0 bridgehead atoms. The quantitative estimate of drug-likeness (QED) is 0.148. The van der Waals surface area contributed by atoms with Gasteiger partial charge in [-0.15, -0.1) is 0 Å². The molecule has 0 amide bonds. The summed E-state index contributed by atoms with van der Waals surface area (Å²) in [5.41, 5.74) is 3.86. The second-order valence-electron chi connectivity index (χ2n) is 11.1. The van der Waals surface area contributed by atoms with E-state index in [4.69, 9.17) is 26.1 Å². The number of rotatable bonds is 8. The Balaban J connectivity index is 1.29. The highest BCUT2D eigenvalue weighted by molar-refractivity contribution is 9.10. The minimum absolute atomic E-state index is 0.179. The van der Waals surface area contributed by atoms with E-state index in [1.165, 1.54) is 11.3 Å². The monoisotopic (exact) mass is 734 g/mol. The van der Waals surface area contributed by atoms with Crippen molar-refractivity contribution in [1.29, 1.82) is 0 Å². The minimum atomic E-state index is -0.772. The molecule has 9 heteroatoms. The molecule has 2 heterocycles. The highest BCUT2D eigenvalue weighted by Crippen LogP contribution is 2.35. The van der Waals surface area contributed by atoms with Gasteiger partial charge in [-0.3, -0.25) is 9.36 Å². The van der Waals surface area contributed by atoms with Crippen molar-refractivity contribution in [2.75, 3.05) is 6.61 Å². The molecule has 0 unspecified atom stereocenters. The number of nitrogens with zero attached hydrogens (tertiary/aromatic N) is 2. The van der Waals surface area contributed by atoms with Gasteiger partial charge in [0.25, 0.3) is 5.56 Å². The molecule has 6 nitrogen and oxygen atoms in total. The smallest absolute Gasteiger partial charge is 0.338 e. The van der Waals surface area contributed by atoms with E-state index in [9.17, 15) is 9.59 Å². The number of hydrogen-bond donors (Lipinski definition) is 0. The van der Waals surface area contributed by atoms with E-state index in [1.54, 1.807) is 23.6 Å². The van der Waals surface area contributed by atoms with Crippen LogP contribution >= 0.6 is 38.9 Å². The summed E-state index contributed by atoms with van der Waals surface area (Å²) in [5, 5.41) is 2.87. The number of carbonyl (C=O) groups is 1. The molecule has 0 saturated heterocycles. The molecule has 0 N–H and O–H groups in total. The van der Waals surface area contributed by atoms with Crippen molar-refractivity contribution in [1.82, 2.24) is 4.57 Å². The molecule has 1 aliphatic rings. The number of carbonyl (C=O) groups excluding carboxylic acids is 1. The first-order valence-corrected chi connectivity index (χ1v) is 17.3. The van der Waals surface area contributed by atoms with Gasteiger partial charge in [-0.2, -0.15) is 0 Å². The van der Waals surface area contributed by atoms with Crippen molar-refractivity contribution in [3.05, 3.63) is 172 Å². The number of aromatic nitrogens is 1. The van der Waals surface area contributed by atoms with E-state index >= 15 is 0 Å². The van der Waals surface area contributed by atoms with Crippen molar-refractivity contribution < 1.29 is 14.3 Å². The summed E-state index contributed by atoms with van der Waals surface area (Å²) in [6.07, 6.45) is 1.83. The fourth-order valence-corrected chi connectivity index (χ4v) is 7.49. The van der Waals surface area contributed by atoms with Gasteiger partial charge in [-0.1, -0.05) is 114 Å². The molecule has 5 aromatic carbocycles. The van der Waals surface area contributed by atoms with Crippen LogP contribution in [0.3, 0.4) is 0 Å². The standard InChI is InChI=1S/C39H28BrClN2O4S/c1-2-46-38(45)34-35(26-10-4-3-5-11-26)42-39-43(36(34)27-16-18-29(41)19-17-27)37(44)33(48-39)22-24-15-20-32(31(40)21-24)47-23-28-13-8-12-25-9-6-7-14-30(25)28/h3-22,36H,2,23H2,1H3/b33-22-/t36-/m0/s1. The molecule has 0 fully saturated rings. The van der Waals surface area contributed by atoms with Crippen LogP contribution in [0.25, 0.3) is 22.5 Å². The zero-order valence-corrected chi connectivity index (χ0v) is 28.9. The highest BCUT2D eigenvalue weighted by atomic mass is 79.9. The molecule has 0 radical (unpaired) electrons. The number of thiazole rings is 1. The average molecular weight is 736 g/mol. The van der Waals surface area contributed by atoms with Gasteiger partial charge in [-0.05, 0) is 80.7 Å². The lowest BCUT2D eigenvalue weighted by molar-refractivity contribution is -0.138. The molecule has 1 atom stereocenters. The van der Waals surface area contributed by atoms with Crippen molar-refractivity contribution in [3.8, 4) is 5.75 Å². The van der Waals surface area contributed by atoms with E-state index in [-0.39, 0.29) is 12.2 Å². The fraction of sp³-hybridized carbons (Fsp3) is 0.103. The fourth-order valence-electron chi connectivity index (χ4n) is 5.85. The maximum Gasteiger partial charge on any atom is 0.338 e. The number of ether oxygens (including phenoxy) is 2. The molecular formula is C39H28BrClN2O4S. The third-order valence-corrected chi connectivity index (χ3v) is 9.93. The summed E-state index contributed by atoms with van der Waals surface area (Å²) < 4.78 is 14.6. The molecule has 48 heavy (non-hydrogen) atoms. The van der Waals surface area contributed by atoms with Crippen molar-refractivity contribution in [2.45, 2.75) is 19.6 Å². The Morgan fingerprint density at radius 3 is 2.48 bits per heavy atom. The highest BCUT2D eigenvalue weighted by Gasteiger charge is 2.35. The lowest BCUT2D eigenvalue weighted by Crippen LogP contribution is -2.40. The van der Waals surface area contributed by atoms with Crippen LogP contribution in [0, 0.1) is 0 Å². The largest absolute Gasteiger partial charge is 0.488 e. The van der Waals surface area contributed by atoms with E-state index in [2.05, 4.69) is 40.2 Å². The zero-order chi connectivity index (χ0) is 33.2. The zero-order valence-electron chi connectivity index (χ0n) is 25.7. The van der Waals surface area contributed by atoms with Crippen molar-refractivity contribution in [2.24, 2.45) is 4.99 Å². The Morgan fingerprint density at radius 1 is 0.958 bits per heavy atom. The minimum Gasteiger partial charge on any atom is -0.488 e. The van der Waals surface area contributed by atoms with E-state index in [1.807, 2.05) is 84.9 Å². The van der Waals surface area contributed by atoms with Crippen LogP contribution in [0.1, 0.15) is 35.2 Å². The number of halogens is 2. The van der Waals surface area contributed by atoms with Gasteiger partial charge in [0.15, 0.2) is 4.80 Å². The Labute approximate surface area is 294 Å². The molecule has 1 aliphatic heterocycles. The molecule has 6 aromatic rings. The van der Waals surface area contributed by atoms with Crippen molar-refractivity contribution >= 4 is 67.4 Å². The Kier molecular flexibility index (Phi) is 9.13. The summed E-state index contributed by atoms with van der Waals surface area (Å²) in [7, 11) is 0. The normalized spacial score (nSPS) is 14.5. The number of fused-ring (bicyclic) bond motifs is 2. The van der Waals surface area contributed by atoms with Crippen LogP contribution in [0.2, 0.25) is 5.02 Å². The topological polar surface area (TPSA) is 69.9 Å². The predicted octanol–water partition coefficient (Wildman–Crippen LogP) is 8.08. The summed E-state index contributed by atoms with van der Waals surface area (Å²) in [6, 6.07) is 36.0. The Morgan fingerprint density at radius 2 is 1.71 bits per heavy atom. The van der Waals surface area contributed by atoms with Crippen LogP contribution in [-0.2, 0) is 16.1 Å². The molecular weight excluding hydrogens is 708 g/mol. The third kappa shape index (κ3) is 6.27. The summed E-state index contributed by atoms with van der Waals surface area (Å²) >= 11 is 11.2. The summed E-state index contributed by atoms with van der Waals surface area (Å²) in [6.45, 7) is 2.35. The van der Waals surface area contributed by atoms with E-state index in [0.717, 1.165) is 31.9 Å². The van der Waals surface area contributed by atoms with Crippen LogP contribution in [-0.4, -0.2) is 17.1 Å². The van der Waals surface area contributed by atoms with Crippen LogP contribution in [0.4, 0.5) is 0 Å². The van der Waals surface area contributed by atoms with Gasteiger partial charge in [0.2, 0.25) is 0 Å². The van der Waals surface area contributed by atoms with Gasteiger partial charge in [-0.25, -0.2) is 9.79 Å². The average Bonchev–Trinajstić information content (AvgIpc) is 3.42. The van der Waals surface area contributed by atoms with Crippen LogP contribution in [0.5, 0.6) is 5.75 Å².